The molecule has 6 nitrogen and oxygen atoms in total. The van der Waals surface area contributed by atoms with Crippen molar-refractivity contribution in [2.75, 3.05) is 18.8 Å². The van der Waals surface area contributed by atoms with Crippen LogP contribution in [-0.2, 0) is 9.84 Å². The fourth-order valence-corrected chi connectivity index (χ4v) is 5.57. The first kappa shape index (κ1) is 15.2. The topological polar surface area (TPSA) is 80.5 Å². The third-order valence-corrected chi connectivity index (χ3v) is 6.98. The van der Waals surface area contributed by atoms with Gasteiger partial charge in [0, 0.05) is 24.0 Å². The number of carbonyl (C=O) groups excluding carboxylic acids is 1. The molecule has 0 aromatic carbocycles. The minimum atomic E-state index is -3.25. The Morgan fingerprint density at radius 3 is 2.91 bits per heavy atom. The van der Waals surface area contributed by atoms with Crippen molar-refractivity contribution in [1.82, 2.24) is 10.1 Å². The monoisotopic (exact) mass is 340 g/mol. The summed E-state index contributed by atoms with van der Waals surface area (Å²) in [7, 11) is -3.25. The van der Waals surface area contributed by atoms with E-state index in [1.165, 1.54) is 11.3 Å². The maximum atomic E-state index is 12.4. The van der Waals surface area contributed by atoms with Gasteiger partial charge in [-0.05, 0) is 24.8 Å². The number of aryl methyl sites for hydroxylation is 1. The van der Waals surface area contributed by atoms with Gasteiger partial charge in [0.1, 0.15) is 5.76 Å². The van der Waals surface area contributed by atoms with Crippen LogP contribution in [-0.4, -0.2) is 43.2 Å². The number of thiophene rings is 1. The van der Waals surface area contributed by atoms with E-state index < -0.39 is 15.1 Å². The van der Waals surface area contributed by atoms with Crippen molar-refractivity contribution in [3.63, 3.8) is 0 Å². The minimum Gasteiger partial charge on any atom is -0.361 e. The van der Waals surface area contributed by atoms with Crippen molar-refractivity contribution in [2.24, 2.45) is 0 Å². The zero-order chi connectivity index (χ0) is 15.7. The minimum absolute atomic E-state index is 0.0296. The third-order valence-electron chi connectivity index (χ3n) is 3.74. The molecule has 2 aromatic heterocycles. The lowest BCUT2D eigenvalue weighted by atomic mass is 10.2. The molecule has 2 aromatic rings. The number of aromatic nitrogens is 1. The van der Waals surface area contributed by atoms with Crippen LogP contribution in [0, 0.1) is 6.92 Å². The predicted octanol–water partition coefficient (Wildman–Crippen LogP) is 2.05. The number of hydrogen-bond donors (Lipinski definition) is 0. The van der Waals surface area contributed by atoms with Crippen LogP contribution < -0.4 is 0 Å². The molecule has 0 radical (unpaired) electrons. The SMILES string of the molecule is Cc1cc(C(=O)N2CCC(c3cccs3)S(=O)(=O)CC2)no1. The van der Waals surface area contributed by atoms with E-state index in [-0.39, 0.29) is 23.9 Å². The van der Waals surface area contributed by atoms with Gasteiger partial charge < -0.3 is 9.42 Å². The van der Waals surface area contributed by atoms with E-state index in [9.17, 15) is 13.2 Å². The first-order valence-electron chi connectivity index (χ1n) is 6.95. The summed E-state index contributed by atoms with van der Waals surface area (Å²) in [4.78, 5) is 14.8. The Hall–Kier alpha value is -1.67. The number of rotatable bonds is 2. The summed E-state index contributed by atoms with van der Waals surface area (Å²) in [6.07, 6.45) is 0.408. The van der Waals surface area contributed by atoms with Crippen molar-refractivity contribution in [3.8, 4) is 0 Å². The van der Waals surface area contributed by atoms with Crippen molar-refractivity contribution < 1.29 is 17.7 Å². The summed E-state index contributed by atoms with van der Waals surface area (Å²) in [5.74, 6) is 0.249. The molecule has 0 N–H and O–H groups in total. The quantitative estimate of drug-likeness (QED) is 0.836. The van der Waals surface area contributed by atoms with Gasteiger partial charge in [0.2, 0.25) is 0 Å². The van der Waals surface area contributed by atoms with Gasteiger partial charge in [0.05, 0.1) is 11.0 Å². The third kappa shape index (κ3) is 2.93. The maximum Gasteiger partial charge on any atom is 0.276 e. The predicted molar refractivity (Wildman–Crippen MR) is 82.6 cm³/mol. The zero-order valence-corrected chi connectivity index (χ0v) is 13.7. The Morgan fingerprint density at radius 1 is 1.45 bits per heavy atom. The van der Waals surface area contributed by atoms with Gasteiger partial charge in [-0.3, -0.25) is 4.79 Å². The largest absolute Gasteiger partial charge is 0.361 e. The van der Waals surface area contributed by atoms with Crippen molar-refractivity contribution >= 4 is 27.1 Å². The maximum absolute atomic E-state index is 12.4. The highest BCUT2D eigenvalue weighted by molar-refractivity contribution is 7.91. The van der Waals surface area contributed by atoms with Crippen molar-refractivity contribution in [2.45, 2.75) is 18.6 Å². The van der Waals surface area contributed by atoms with E-state index >= 15 is 0 Å². The van der Waals surface area contributed by atoms with Gasteiger partial charge in [-0.15, -0.1) is 11.3 Å². The van der Waals surface area contributed by atoms with Gasteiger partial charge in [-0.2, -0.15) is 0 Å². The molecule has 0 saturated carbocycles. The summed E-state index contributed by atoms with van der Waals surface area (Å²) in [5, 5.41) is 5.06. The molecule has 8 heteroatoms. The summed E-state index contributed by atoms with van der Waals surface area (Å²) in [5.41, 5.74) is 0.226. The van der Waals surface area contributed by atoms with Crippen LogP contribution in [0.4, 0.5) is 0 Å². The molecular formula is C14H16N2O4S2. The van der Waals surface area contributed by atoms with E-state index in [1.807, 2.05) is 17.5 Å². The summed E-state index contributed by atoms with van der Waals surface area (Å²) in [6.45, 7) is 2.30. The fraction of sp³-hybridized carbons (Fsp3) is 0.429. The molecule has 0 aliphatic carbocycles. The number of amides is 1. The number of nitrogens with zero attached hydrogens (tertiary/aromatic N) is 2. The summed E-state index contributed by atoms with van der Waals surface area (Å²) >= 11 is 1.44. The molecule has 1 aliphatic heterocycles. The molecule has 1 atom stereocenters. The van der Waals surface area contributed by atoms with Gasteiger partial charge in [0.15, 0.2) is 15.5 Å². The van der Waals surface area contributed by atoms with E-state index in [4.69, 9.17) is 4.52 Å². The second-order valence-electron chi connectivity index (χ2n) is 5.27. The second kappa shape index (κ2) is 5.85. The van der Waals surface area contributed by atoms with Crippen LogP contribution in [0.1, 0.15) is 32.8 Å². The number of sulfone groups is 1. The molecule has 1 amide bonds. The van der Waals surface area contributed by atoms with Gasteiger partial charge >= 0.3 is 0 Å². The average molecular weight is 340 g/mol. The lowest BCUT2D eigenvalue weighted by molar-refractivity contribution is 0.0756. The van der Waals surface area contributed by atoms with Gasteiger partial charge in [-0.1, -0.05) is 11.2 Å². The Bertz CT molecular complexity index is 765. The highest BCUT2D eigenvalue weighted by Gasteiger charge is 2.34. The highest BCUT2D eigenvalue weighted by Crippen LogP contribution is 2.32. The number of carbonyl (C=O) groups is 1. The molecule has 22 heavy (non-hydrogen) atoms. The second-order valence-corrected chi connectivity index (χ2v) is 8.56. The van der Waals surface area contributed by atoms with Crippen LogP contribution in [0.5, 0.6) is 0 Å². The molecule has 3 heterocycles. The van der Waals surface area contributed by atoms with Crippen LogP contribution in [0.2, 0.25) is 0 Å². The smallest absolute Gasteiger partial charge is 0.276 e. The van der Waals surface area contributed by atoms with E-state index in [0.717, 1.165) is 4.88 Å². The zero-order valence-electron chi connectivity index (χ0n) is 12.1. The first-order valence-corrected chi connectivity index (χ1v) is 9.54. The normalized spacial score (nSPS) is 21.5. The van der Waals surface area contributed by atoms with Crippen LogP contribution in [0.15, 0.2) is 28.1 Å². The van der Waals surface area contributed by atoms with E-state index in [2.05, 4.69) is 5.16 Å². The Balaban J connectivity index is 1.80. The lowest BCUT2D eigenvalue weighted by Gasteiger charge is -2.18. The molecular weight excluding hydrogens is 324 g/mol. The highest BCUT2D eigenvalue weighted by atomic mass is 32.2. The fourth-order valence-electron chi connectivity index (χ4n) is 2.57. The molecule has 0 bridgehead atoms. The molecule has 3 rings (SSSR count). The first-order chi connectivity index (χ1) is 10.5. The molecule has 0 spiro atoms. The van der Waals surface area contributed by atoms with Crippen molar-refractivity contribution in [3.05, 3.63) is 39.9 Å². The van der Waals surface area contributed by atoms with E-state index in [0.29, 0.717) is 18.7 Å². The van der Waals surface area contributed by atoms with Gasteiger partial charge in [-0.25, -0.2) is 8.42 Å². The van der Waals surface area contributed by atoms with E-state index in [1.54, 1.807) is 17.9 Å². The summed E-state index contributed by atoms with van der Waals surface area (Å²) in [6, 6.07) is 5.26. The Morgan fingerprint density at radius 2 is 2.27 bits per heavy atom. The molecule has 1 unspecified atom stereocenters. The van der Waals surface area contributed by atoms with Crippen molar-refractivity contribution in [1.29, 1.82) is 0 Å². The Labute approximate surface area is 132 Å². The van der Waals surface area contributed by atoms with Crippen LogP contribution >= 0.6 is 11.3 Å². The van der Waals surface area contributed by atoms with Gasteiger partial charge in [0.25, 0.3) is 5.91 Å². The van der Waals surface area contributed by atoms with Crippen LogP contribution in [0.25, 0.3) is 0 Å². The lowest BCUT2D eigenvalue weighted by Crippen LogP contribution is -2.33. The molecule has 1 saturated heterocycles. The molecule has 118 valence electrons. The molecule has 1 fully saturated rings. The average Bonchev–Trinajstić information content (AvgIpc) is 3.10. The number of hydrogen-bond acceptors (Lipinski definition) is 6. The van der Waals surface area contributed by atoms with Crippen LogP contribution in [0.3, 0.4) is 0 Å². The summed E-state index contributed by atoms with van der Waals surface area (Å²) < 4.78 is 29.8. The Kier molecular flexibility index (Phi) is 4.05. The molecule has 1 aliphatic rings. The standard InChI is InChI=1S/C14H16N2O4S2/c1-10-9-11(15-20-10)14(17)16-5-4-13(12-3-2-7-21-12)22(18,19)8-6-16/h2-3,7,9,13H,4-6,8H2,1H3.